The number of carbonyl (C=O) groups is 1. The van der Waals surface area contributed by atoms with Crippen LogP contribution in [0.4, 0.5) is 13.2 Å². The standard InChI is InChI=1S/C21H30F3N3O2S/c1-21(2,3)30(29)26-19(9-12-8-17(23)18(24)10-16(12)22)13-6-14-4-5-15(7-13)27(14)20(28)11-25/h8,10,13-15,19,26H,4-7,9,11,25H2,1-3H3/t13-,14-,15+,19-,30?/m1/s1. The third kappa shape index (κ3) is 4.95. The lowest BCUT2D eigenvalue weighted by atomic mass is 9.82. The zero-order valence-corrected chi connectivity index (χ0v) is 18.4. The quantitative estimate of drug-likeness (QED) is 0.521. The Bertz CT molecular complexity index is 775. The number of amides is 1. The van der Waals surface area contributed by atoms with Gasteiger partial charge in [-0.2, -0.15) is 0 Å². The minimum Gasteiger partial charge on any atom is -0.598 e. The van der Waals surface area contributed by atoms with Crippen molar-refractivity contribution >= 4 is 17.3 Å². The Labute approximate surface area is 178 Å². The second-order valence-electron chi connectivity index (χ2n) is 9.29. The number of rotatable bonds is 6. The molecule has 2 aliphatic heterocycles. The molecule has 3 rings (SSSR count). The molecule has 0 aromatic heterocycles. The first-order chi connectivity index (χ1) is 14.0. The van der Waals surface area contributed by atoms with Crippen molar-refractivity contribution in [1.29, 1.82) is 0 Å². The Morgan fingerprint density at radius 2 is 1.77 bits per heavy atom. The van der Waals surface area contributed by atoms with Crippen LogP contribution >= 0.6 is 0 Å². The first-order valence-electron chi connectivity index (χ1n) is 10.3. The van der Waals surface area contributed by atoms with E-state index in [2.05, 4.69) is 4.72 Å². The molecular formula is C21H30F3N3O2S. The van der Waals surface area contributed by atoms with Crippen LogP contribution in [0.3, 0.4) is 0 Å². The molecule has 2 heterocycles. The Morgan fingerprint density at radius 1 is 1.20 bits per heavy atom. The van der Waals surface area contributed by atoms with Crippen LogP contribution in [0.1, 0.15) is 52.0 Å². The molecule has 1 unspecified atom stereocenters. The summed E-state index contributed by atoms with van der Waals surface area (Å²) in [5, 5.41) is 0. The van der Waals surface area contributed by atoms with Crippen molar-refractivity contribution in [3.05, 3.63) is 35.1 Å². The van der Waals surface area contributed by atoms with Gasteiger partial charge in [-0.15, -0.1) is 4.72 Å². The van der Waals surface area contributed by atoms with E-state index in [1.807, 2.05) is 25.7 Å². The van der Waals surface area contributed by atoms with Crippen LogP contribution in [-0.2, 0) is 22.6 Å². The summed E-state index contributed by atoms with van der Waals surface area (Å²) in [6.45, 7) is 5.46. The number of benzene rings is 1. The van der Waals surface area contributed by atoms with E-state index in [-0.39, 0.29) is 42.4 Å². The van der Waals surface area contributed by atoms with Crippen LogP contribution in [0.15, 0.2) is 12.1 Å². The van der Waals surface area contributed by atoms with Gasteiger partial charge in [-0.1, -0.05) is 0 Å². The Kier molecular flexibility index (Phi) is 7.06. The van der Waals surface area contributed by atoms with Gasteiger partial charge in [-0.05, 0) is 70.4 Å². The van der Waals surface area contributed by atoms with Crippen molar-refractivity contribution < 1.29 is 22.5 Å². The Balaban J connectivity index is 1.84. The number of halogens is 3. The monoisotopic (exact) mass is 445 g/mol. The highest BCUT2D eigenvalue weighted by Crippen LogP contribution is 2.41. The molecule has 1 aromatic rings. The van der Waals surface area contributed by atoms with Crippen molar-refractivity contribution in [2.24, 2.45) is 11.7 Å². The zero-order valence-electron chi connectivity index (χ0n) is 17.6. The van der Waals surface area contributed by atoms with Gasteiger partial charge < -0.3 is 15.2 Å². The fourth-order valence-corrected chi connectivity index (χ4v) is 5.54. The first kappa shape index (κ1) is 23.4. The van der Waals surface area contributed by atoms with Crippen molar-refractivity contribution in [2.75, 3.05) is 6.54 Å². The summed E-state index contributed by atoms with van der Waals surface area (Å²) in [6, 6.07) is 1.12. The van der Waals surface area contributed by atoms with E-state index in [9.17, 15) is 22.5 Å². The number of fused-ring (bicyclic) bond motifs is 2. The summed E-state index contributed by atoms with van der Waals surface area (Å²) in [7, 11) is 0. The predicted molar refractivity (Wildman–Crippen MR) is 110 cm³/mol. The summed E-state index contributed by atoms with van der Waals surface area (Å²) in [5.41, 5.74) is 5.60. The van der Waals surface area contributed by atoms with Gasteiger partial charge in [0.15, 0.2) is 11.6 Å². The van der Waals surface area contributed by atoms with Crippen molar-refractivity contribution in [3.63, 3.8) is 0 Å². The van der Waals surface area contributed by atoms with E-state index in [1.54, 1.807) is 0 Å². The van der Waals surface area contributed by atoms with Gasteiger partial charge in [-0.25, -0.2) is 13.2 Å². The fraction of sp³-hybridized carbons (Fsp3) is 0.667. The molecule has 1 amide bonds. The third-order valence-electron chi connectivity index (χ3n) is 6.14. The molecule has 9 heteroatoms. The van der Waals surface area contributed by atoms with Gasteiger partial charge in [0, 0.05) is 29.5 Å². The topological polar surface area (TPSA) is 81.4 Å². The Hall–Kier alpha value is -1.29. The molecule has 2 saturated heterocycles. The van der Waals surface area contributed by atoms with Gasteiger partial charge >= 0.3 is 0 Å². The molecule has 0 radical (unpaired) electrons. The van der Waals surface area contributed by atoms with Crippen molar-refractivity contribution in [3.8, 4) is 0 Å². The van der Waals surface area contributed by atoms with Gasteiger partial charge in [0.1, 0.15) is 10.6 Å². The Morgan fingerprint density at radius 3 is 2.30 bits per heavy atom. The molecule has 5 nitrogen and oxygen atoms in total. The molecule has 2 aliphatic rings. The zero-order chi connectivity index (χ0) is 22.2. The number of hydrogen-bond acceptors (Lipinski definition) is 4. The molecule has 1 aromatic carbocycles. The van der Waals surface area contributed by atoms with Crippen LogP contribution in [0.25, 0.3) is 0 Å². The first-order valence-corrected chi connectivity index (χ1v) is 11.5. The number of nitrogens with two attached hydrogens (primary N) is 1. The number of nitrogens with zero attached hydrogens (tertiary/aromatic N) is 1. The van der Waals surface area contributed by atoms with Gasteiger partial charge in [0.05, 0.1) is 12.6 Å². The van der Waals surface area contributed by atoms with Crippen LogP contribution in [-0.4, -0.2) is 44.8 Å². The second-order valence-corrected chi connectivity index (χ2v) is 11.3. The summed E-state index contributed by atoms with van der Waals surface area (Å²) >= 11 is -1.42. The molecule has 2 fully saturated rings. The minimum absolute atomic E-state index is 0.0168. The molecule has 168 valence electrons. The lowest BCUT2D eigenvalue weighted by Gasteiger charge is -2.42. The van der Waals surface area contributed by atoms with Gasteiger partial charge in [0.2, 0.25) is 5.91 Å². The molecule has 30 heavy (non-hydrogen) atoms. The van der Waals surface area contributed by atoms with Crippen molar-refractivity contribution in [2.45, 2.75) is 75.7 Å². The highest BCUT2D eigenvalue weighted by molar-refractivity contribution is 7.90. The maximum atomic E-state index is 14.3. The molecule has 5 atom stereocenters. The van der Waals surface area contributed by atoms with E-state index in [1.165, 1.54) is 0 Å². The normalized spacial score (nSPS) is 26.0. The minimum atomic E-state index is -1.42. The van der Waals surface area contributed by atoms with Crippen LogP contribution in [0.2, 0.25) is 0 Å². The van der Waals surface area contributed by atoms with Crippen LogP contribution in [0, 0.1) is 23.4 Å². The number of hydrogen-bond donors (Lipinski definition) is 2. The maximum absolute atomic E-state index is 14.3. The SMILES string of the molecule is CC(C)(C)[S+]([O-])N[C@H](Cc1cc(F)c(F)cc1F)[C@@H]1C[C@H]2CC[C@@H](C1)N2C(=O)CN. The summed E-state index contributed by atoms with van der Waals surface area (Å²) < 4.78 is 56.8. The highest BCUT2D eigenvalue weighted by atomic mass is 32.2. The third-order valence-corrected chi connectivity index (χ3v) is 7.77. The number of nitrogens with one attached hydrogen (secondary N) is 1. The summed E-state index contributed by atoms with van der Waals surface area (Å²) in [6.07, 6.45) is 3.18. The molecular weight excluding hydrogens is 415 g/mol. The second kappa shape index (κ2) is 9.06. The average molecular weight is 446 g/mol. The van der Waals surface area contributed by atoms with Crippen LogP contribution < -0.4 is 10.5 Å². The molecule has 0 spiro atoms. The van der Waals surface area contributed by atoms with E-state index in [4.69, 9.17) is 5.73 Å². The lowest BCUT2D eigenvalue weighted by Crippen LogP contribution is -2.54. The molecule has 0 saturated carbocycles. The van der Waals surface area contributed by atoms with E-state index >= 15 is 0 Å². The van der Waals surface area contributed by atoms with E-state index in [0.717, 1.165) is 18.9 Å². The van der Waals surface area contributed by atoms with E-state index < -0.39 is 39.6 Å². The fourth-order valence-electron chi connectivity index (χ4n) is 4.64. The molecule has 0 aliphatic carbocycles. The van der Waals surface area contributed by atoms with Crippen molar-refractivity contribution in [1.82, 2.24) is 9.62 Å². The lowest BCUT2D eigenvalue weighted by molar-refractivity contribution is -0.135. The predicted octanol–water partition coefficient (Wildman–Crippen LogP) is 2.80. The molecule has 3 N–H and O–H groups in total. The smallest absolute Gasteiger partial charge is 0.236 e. The highest BCUT2D eigenvalue weighted by Gasteiger charge is 2.46. The average Bonchev–Trinajstić information content (AvgIpc) is 2.93. The van der Waals surface area contributed by atoms with E-state index in [0.29, 0.717) is 18.9 Å². The van der Waals surface area contributed by atoms with Crippen LogP contribution in [0.5, 0.6) is 0 Å². The largest absolute Gasteiger partial charge is 0.598 e. The summed E-state index contributed by atoms with van der Waals surface area (Å²) in [4.78, 5) is 14.1. The maximum Gasteiger partial charge on any atom is 0.236 e. The molecule has 2 bridgehead atoms. The van der Waals surface area contributed by atoms with Gasteiger partial charge in [0.25, 0.3) is 0 Å². The summed E-state index contributed by atoms with van der Waals surface area (Å²) in [5.74, 6) is -3.21. The van der Waals surface area contributed by atoms with Gasteiger partial charge in [-0.3, -0.25) is 4.79 Å². The number of carbonyl (C=O) groups excluding carboxylic acids is 1. The number of piperidine rings is 1.